The van der Waals surface area contributed by atoms with Crippen LogP contribution in [0.1, 0.15) is 26.3 Å². The van der Waals surface area contributed by atoms with Crippen LogP contribution in [-0.2, 0) is 0 Å². The molecule has 0 amide bonds. The van der Waals surface area contributed by atoms with Crippen molar-refractivity contribution in [3.63, 3.8) is 0 Å². The van der Waals surface area contributed by atoms with Crippen LogP contribution in [0.3, 0.4) is 0 Å². The van der Waals surface area contributed by atoms with Crippen molar-refractivity contribution in [2.24, 2.45) is 0 Å². The van der Waals surface area contributed by atoms with E-state index in [0.29, 0.717) is 33.9 Å². The van der Waals surface area contributed by atoms with Crippen LogP contribution in [0.5, 0.6) is 17.2 Å². The van der Waals surface area contributed by atoms with E-state index in [9.17, 15) is 14.0 Å². The Hall–Kier alpha value is -3.93. The number of carbonyl (C=O) groups excluding carboxylic acids is 2. The molecule has 5 nitrogen and oxygen atoms in total. The Morgan fingerprint density at radius 3 is 2.07 bits per heavy atom. The maximum atomic E-state index is 12.9. The average molecular weight is 406 g/mol. The first-order valence-electron chi connectivity index (χ1n) is 9.02. The van der Waals surface area contributed by atoms with Gasteiger partial charge < -0.3 is 14.2 Å². The summed E-state index contributed by atoms with van der Waals surface area (Å²) in [5.74, 6) is 0.0975. The van der Waals surface area contributed by atoms with Crippen LogP contribution in [0.4, 0.5) is 4.39 Å². The summed E-state index contributed by atoms with van der Waals surface area (Å²) in [5.41, 5.74) is 1.44. The third-order valence-corrected chi connectivity index (χ3v) is 4.27. The van der Waals surface area contributed by atoms with E-state index in [1.165, 1.54) is 50.6 Å². The Morgan fingerprint density at radius 1 is 0.800 bits per heavy atom. The first-order chi connectivity index (χ1) is 14.5. The Bertz CT molecular complexity index is 1070. The van der Waals surface area contributed by atoms with E-state index in [0.717, 1.165) is 0 Å². The van der Waals surface area contributed by atoms with Gasteiger partial charge in [-0.3, -0.25) is 4.79 Å². The normalized spacial score (nSPS) is 10.6. The minimum absolute atomic E-state index is 0.225. The fourth-order valence-electron chi connectivity index (χ4n) is 2.66. The molecule has 0 atom stereocenters. The molecule has 0 spiro atoms. The summed E-state index contributed by atoms with van der Waals surface area (Å²) in [4.78, 5) is 24.6. The highest BCUT2D eigenvalue weighted by atomic mass is 19.1. The maximum Gasteiger partial charge on any atom is 0.343 e. The van der Waals surface area contributed by atoms with Crippen molar-refractivity contribution >= 4 is 17.8 Å². The quantitative estimate of drug-likeness (QED) is 0.240. The SMILES string of the molecule is COc1ccc(C(=O)Oc2ccc(C(=O)/C=C/c3ccc(F)cc3)cc2)cc1OC. The molecule has 0 unspecified atom stereocenters. The zero-order valence-corrected chi connectivity index (χ0v) is 16.4. The number of benzene rings is 3. The summed E-state index contributed by atoms with van der Waals surface area (Å²) in [6, 6.07) is 16.7. The number of hydrogen-bond donors (Lipinski definition) is 0. The molecule has 152 valence electrons. The summed E-state index contributed by atoms with van der Waals surface area (Å²) < 4.78 is 28.6. The summed E-state index contributed by atoms with van der Waals surface area (Å²) in [6.45, 7) is 0. The van der Waals surface area contributed by atoms with E-state index < -0.39 is 5.97 Å². The summed E-state index contributed by atoms with van der Waals surface area (Å²) >= 11 is 0. The number of halogens is 1. The van der Waals surface area contributed by atoms with Crippen molar-refractivity contribution in [3.8, 4) is 17.2 Å². The predicted molar refractivity (Wildman–Crippen MR) is 111 cm³/mol. The van der Waals surface area contributed by atoms with Crippen LogP contribution in [0.15, 0.2) is 72.8 Å². The van der Waals surface area contributed by atoms with Gasteiger partial charge in [0.1, 0.15) is 11.6 Å². The van der Waals surface area contributed by atoms with E-state index >= 15 is 0 Å². The smallest absolute Gasteiger partial charge is 0.343 e. The van der Waals surface area contributed by atoms with Crippen LogP contribution in [0.2, 0.25) is 0 Å². The van der Waals surface area contributed by atoms with Crippen LogP contribution in [0.25, 0.3) is 6.08 Å². The number of ketones is 1. The van der Waals surface area contributed by atoms with Crippen LogP contribution < -0.4 is 14.2 Å². The molecule has 0 N–H and O–H groups in total. The van der Waals surface area contributed by atoms with Crippen molar-refractivity contribution in [2.75, 3.05) is 14.2 Å². The lowest BCUT2D eigenvalue weighted by atomic mass is 10.1. The lowest BCUT2D eigenvalue weighted by Gasteiger charge is -2.09. The summed E-state index contributed by atoms with van der Waals surface area (Å²) in [7, 11) is 2.99. The number of hydrogen-bond acceptors (Lipinski definition) is 5. The number of rotatable bonds is 7. The largest absolute Gasteiger partial charge is 0.493 e. The monoisotopic (exact) mass is 406 g/mol. The highest BCUT2D eigenvalue weighted by molar-refractivity contribution is 6.06. The highest BCUT2D eigenvalue weighted by Crippen LogP contribution is 2.28. The highest BCUT2D eigenvalue weighted by Gasteiger charge is 2.13. The molecule has 0 heterocycles. The predicted octanol–water partition coefficient (Wildman–Crippen LogP) is 4.96. The second-order valence-corrected chi connectivity index (χ2v) is 6.23. The summed E-state index contributed by atoms with van der Waals surface area (Å²) in [6.07, 6.45) is 3.00. The molecule has 3 aromatic rings. The second-order valence-electron chi connectivity index (χ2n) is 6.23. The van der Waals surface area contributed by atoms with E-state index in [-0.39, 0.29) is 11.6 Å². The van der Waals surface area contributed by atoms with E-state index in [4.69, 9.17) is 14.2 Å². The minimum atomic E-state index is -0.564. The molecular formula is C24H19FO5. The molecule has 3 aromatic carbocycles. The number of carbonyl (C=O) groups is 2. The lowest BCUT2D eigenvalue weighted by molar-refractivity contribution is 0.0734. The van der Waals surface area contributed by atoms with Gasteiger partial charge in [0.2, 0.25) is 0 Å². The molecule has 3 rings (SSSR count). The number of ether oxygens (including phenoxy) is 3. The van der Waals surface area contributed by atoms with Gasteiger partial charge in [0.25, 0.3) is 0 Å². The van der Waals surface area contributed by atoms with Crippen molar-refractivity contribution in [2.45, 2.75) is 0 Å². The minimum Gasteiger partial charge on any atom is -0.493 e. The molecule has 30 heavy (non-hydrogen) atoms. The molecule has 0 aliphatic heterocycles. The molecule has 0 fully saturated rings. The Kier molecular flexibility index (Phi) is 6.60. The molecule has 0 bridgehead atoms. The molecule has 0 aliphatic carbocycles. The molecule has 0 aromatic heterocycles. The van der Waals surface area contributed by atoms with Gasteiger partial charge in [-0.15, -0.1) is 0 Å². The van der Waals surface area contributed by atoms with Crippen LogP contribution in [-0.4, -0.2) is 26.0 Å². The topological polar surface area (TPSA) is 61.8 Å². The number of methoxy groups -OCH3 is 2. The van der Waals surface area contributed by atoms with Crippen LogP contribution >= 0.6 is 0 Å². The van der Waals surface area contributed by atoms with Crippen molar-refractivity contribution in [1.29, 1.82) is 0 Å². The zero-order valence-electron chi connectivity index (χ0n) is 16.4. The van der Waals surface area contributed by atoms with Gasteiger partial charge in [-0.2, -0.15) is 0 Å². The van der Waals surface area contributed by atoms with E-state index in [1.807, 2.05) is 0 Å². The first-order valence-corrected chi connectivity index (χ1v) is 9.02. The van der Waals surface area contributed by atoms with E-state index in [2.05, 4.69) is 0 Å². The van der Waals surface area contributed by atoms with Gasteiger partial charge in [0.15, 0.2) is 17.3 Å². The van der Waals surface area contributed by atoms with E-state index in [1.54, 1.807) is 42.5 Å². The summed E-state index contributed by atoms with van der Waals surface area (Å²) in [5, 5.41) is 0. The average Bonchev–Trinajstić information content (AvgIpc) is 2.78. The molecule has 0 radical (unpaired) electrons. The lowest BCUT2D eigenvalue weighted by Crippen LogP contribution is -2.09. The van der Waals surface area contributed by atoms with Gasteiger partial charge in [0, 0.05) is 5.56 Å². The van der Waals surface area contributed by atoms with Gasteiger partial charge >= 0.3 is 5.97 Å². The third-order valence-electron chi connectivity index (χ3n) is 4.27. The van der Waals surface area contributed by atoms with Gasteiger partial charge in [0.05, 0.1) is 19.8 Å². The fourth-order valence-corrected chi connectivity index (χ4v) is 2.66. The standard InChI is InChI=1S/C24H19FO5/c1-28-22-14-8-18(15-23(22)29-2)24(27)30-20-11-6-17(7-12-20)21(26)13-5-16-3-9-19(25)10-4-16/h3-15H,1-2H3/b13-5+. The van der Waals surface area contributed by atoms with Crippen molar-refractivity contribution in [3.05, 3.63) is 95.3 Å². The van der Waals surface area contributed by atoms with Gasteiger partial charge in [-0.25, -0.2) is 9.18 Å². The van der Waals surface area contributed by atoms with Crippen LogP contribution in [0, 0.1) is 5.82 Å². The van der Waals surface area contributed by atoms with Gasteiger partial charge in [-0.1, -0.05) is 18.2 Å². The maximum absolute atomic E-state index is 12.9. The Balaban J connectivity index is 1.66. The molecule has 0 aliphatic rings. The molecular weight excluding hydrogens is 387 g/mol. The van der Waals surface area contributed by atoms with Crippen molar-refractivity contribution in [1.82, 2.24) is 0 Å². The first kappa shape index (κ1) is 20.8. The number of allylic oxidation sites excluding steroid dienone is 1. The number of esters is 1. The van der Waals surface area contributed by atoms with Gasteiger partial charge in [-0.05, 0) is 66.2 Å². The molecule has 0 saturated carbocycles. The Morgan fingerprint density at radius 2 is 1.43 bits per heavy atom. The third kappa shape index (κ3) is 5.11. The van der Waals surface area contributed by atoms with Crippen molar-refractivity contribution < 1.29 is 28.2 Å². The second kappa shape index (κ2) is 9.52. The molecule has 0 saturated heterocycles. The fraction of sp³-hybridized carbons (Fsp3) is 0.0833. The zero-order chi connectivity index (χ0) is 21.5. The Labute approximate surface area is 173 Å². The molecule has 6 heteroatoms.